The van der Waals surface area contributed by atoms with Crippen molar-refractivity contribution >= 4 is 17.5 Å². The number of carbonyl (C=O) groups is 1. The highest BCUT2D eigenvalue weighted by Gasteiger charge is 2.40. The maximum absolute atomic E-state index is 13.9. The summed E-state index contributed by atoms with van der Waals surface area (Å²) in [6.07, 6.45) is -0.277. The zero-order chi connectivity index (χ0) is 23.4. The van der Waals surface area contributed by atoms with Crippen molar-refractivity contribution in [2.75, 3.05) is 13.1 Å². The SMILES string of the molecule is O=C(NCc1ccccc1CN1CCCCC1)c1cnn(-c2cccc(Cl)c2)c1C(F)(F)F. The minimum absolute atomic E-state index is 0.126. The molecule has 0 spiro atoms. The van der Waals surface area contributed by atoms with Crippen molar-refractivity contribution in [1.82, 2.24) is 20.0 Å². The van der Waals surface area contributed by atoms with Crippen LogP contribution in [-0.2, 0) is 19.3 Å². The van der Waals surface area contributed by atoms with Crippen molar-refractivity contribution in [1.29, 1.82) is 0 Å². The van der Waals surface area contributed by atoms with Crippen LogP contribution in [0, 0.1) is 0 Å². The first-order valence-corrected chi connectivity index (χ1v) is 11.2. The van der Waals surface area contributed by atoms with Gasteiger partial charge in [-0.25, -0.2) is 4.68 Å². The first-order valence-electron chi connectivity index (χ1n) is 10.8. The monoisotopic (exact) mass is 476 g/mol. The van der Waals surface area contributed by atoms with Gasteiger partial charge in [-0.3, -0.25) is 9.69 Å². The summed E-state index contributed by atoms with van der Waals surface area (Å²) in [5.41, 5.74) is 0.401. The topological polar surface area (TPSA) is 50.2 Å². The number of halogens is 4. The number of piperidine rings is 1. The van der Waals surface area contributed by atoms with Gasteiger partial charge in [0.15, 0.2) is 5.69 Å². The second kappa shape index (κ2) is 9.97. The molecule has 33 heavy (non-hydrogen) atoms. The third-order valence-electron chi connectivity index (χ3n) is 5.74. The molecule has 1 amide bonds. The molecule has 9 heteroatoms. The van der Waals surface area contributed by atoms with Crippen molar-refractivity contribution in [3.8, 4) is 5.69 Å². The molecule has 1 aliphatic heterocycles. The molecule has 4 rings (SSSR count). The number of nitrogens with one attached hydrogen (secondary N) is 1. The van der Waals surface area contributed by atoms with Gasteiger partial charge < -0.3 is 5.32 Å². The summed E-state index contributed by atoms with van der Waals surface area (Å²) >= 11 is 5.93. The molecule has 3 aromatic rings. The number of carbonyl (C=O) groups excluding carboxylic acids is 1. The Kier molecular flexibility index (Phi) is 7.05. The molecule has 0 radical (unpaired) electrons. The molecule has 1 aromatic heterocycles. The molecule has 1 aliphatic rings. The molecule has 5 nitrogen and oxygen atoms in total. The fraction of sp³-hybridized carbons (Fsp3) is 0.333. The number of aromatic nitrogens is 2. The third-order valence-corrected chi connectivity index (χ3v) is 5.97. The molecule has 1 fully saturated rings. The average Bonchev–Trinajstić information content (AvgIpc) is 3.25. The Morgan fingerprint density at radius 1 is 1.03 bits per heavy atom. The highest BCUT2D eigenvalue weighted by Crippen LogP contribution is 2.34. The van der Waals surface area contributed by atoms with E-state index in [-0.39, 0.29) is 17.3 Å². The van der Waals surface area contributed by atoms with E-state index in [1.165, 1.54) is 24.6 Å². The van der Waals surface area contributed by atoms with Crippen LogP contribution in [0.15, 0.2) is 54.7 Å². The van der Waals surface area contributed by atoms with E-state index in [4.69, 9.17) is 11.6 Å². The van der Waals surface area contributed by atoms with Crippen LogP contribution in [0.1, 0.15) is 46.4 Å². The lowest BCUT2D eigenvalue weighted by atomic mass is 10.0. The molecule has 2 heterocycles. The van der Waals surface area contributed by atoms with E-state index in [0.29, 0.717) is 4.68 Å². The van der Waals surface area contributed by atoms with Gasteiger partial charge in [0.2, 0.25) is 0 Å². The van der Waals surface area contributed by atoms with Crippen molar-refractivity contribution in [3.05, 3.63) is 82.1 Å². The molecule has 0 bridgehead atoms. The lowest BCUT2D eigenvalue weighted by molar-refractivity contribution is -0.143. The molecule has 1 saturated heterocycles. The Labute approximate surface area is 195 Å². The van der Waals surface area contributed by atoms with Crippen LogP contribution in [0.3, 0.4) is 0 Å². The van der Waals surface area contributed by atoms with Gasteiger partial charge in [0, 0.05) is 18.1 Å². The normalized spacial score (nSPS) is 14.9. The molecular formula is C24H24ClF3N4O. The highest BCUT2D eigenvalue weighted by molar-refractivity contribution is 6.30. The fourth-order valence-electron chi connectivity index (χ4n) is 4.10. The number of benzene rings is 2. The van der Waals surface area contributed by atoms with Crippen LogP contribution in [-0.4, -0.2) is 33.7 Å². The van der Waals surface area contributed by atoms with Gasteiger partial charge in [-0.1, -0.05) is 48.4 Å². The highest BCUT2D eigenvalue weighted by atomic mass is 35.5. The third kappa shape index (κ3) is 5.57. The van der Waals surface area contributed by atoms with Crippen molar-refractivity contribution in [3.63, 3.8) is 0 Å². The van der Waals surface area contributed by atoms with E-state index in [0.717, 1.165) is 49.8 Å². The summed E-state index contributed by atoms with van der Waals surface area (Å²) in [5.74, 6) is -0.830. The van der Waals surface area contributed by atoms with Gasteiger partial charge in [-0.15, -0.1) is 0 Å². The van der Waals surface area contributed by atoms with Crippen molar-refractivity contribution < 1.29 is 18.0 Å². The Morgan fingerprint density at radius 2 is 1.76 bits per heavy atom. The predicted molar refractivity (Wildman–Crippen MR) is 120 cm³/mol. The Bertz CT molecular complexity index is 1120. The molecular weight excluding hydrogens is 453 g/mol. The van der Waals surface area contributed by atoms with Crippen LogP contribution < -0.4 is 5.32 Å². The summed E-state index contributed by atoms with van der Waals surface area (Å²) in [6, 6.07) is 13.6. The van der Waals surface area contributed by atoms with Gasteiger partial charge in [0.05, 0.1) is 17.4 Å². The molecule has 2 aromatic carbocycles. The average molecular weight is 477 g/mol. The Hall–Kier alpha value is -2.84. The number of amides is 1. The molecule has 0 saturated carbocycles. The van der Waals surface area contributed by atoms with Crippen LogP contribution >= 0.6 is 11.6 Å². The van der Waals surface area contributed by atoms with Gasteiger partial charge >= 0.3 is 6.18 Å². The zero-order valence-electron chi connectivity index (χ0n) is 17.9. The van der Waals surface area contributed by atoms with E-state index in [1.807, 2.05) is 24.3 Å². The maximum Gasteiger partial charge on any atom is 0.434 e. The minimum atomic E-state index is -4.78. The summed E-state index contributed by atoms with van der Waals surface area (Å²) in [6.45, 7) is 2.94. The molecule has 0 unspecified atom stereocenters. The van der Waals surface area contributed by atoms with E-state index in [2.05, 4.69) is 15.3 Å². The number of likely N-dealkylation sites (tertiary alicyclic amines) is 1. The van der Waals surface area contributed by atoms with Gasteiger partial charge in [-0.2, -0.15) is 18.3 Å². The zero-order valence-corrected chi connectivity index (χ0v) is 18.7. The molecule has 174 valence electrons. The number of rotatable bonds is 6. The first kappa shape index (κ1) is 23.3. The lowest BCUT2D eigenvalue weighted by Crippen LogP contribution is -2.30. The maximum atomic E-state index is 13.9. The number of hydrogen-bond donors (Lipinski definition) is 1. The Morgan fingerprint density at radius 3 is 2.45 bits per heavy atom. The lowest BCUT2D eigenvalue weighted by Gasteiger charge is -2.27. The van der Waals surface area contributed by atoms with Gasteiger partial charge in [0.25, 0.3) is 5.91 Å². The predicted octanol–water partition coefficient (Wildman–Crippen LogP) is 5.46. The second-order valence-electron chi connectivity index (χ2n) is 8.08. The summed E-state index contributed by atoms with van der Waals surface area (Å²) in [4.78, 5) is 15.2. The van der Waals surface area contributed by atoms with Gasteiger partial charge in [-0.05, 0) is 55.3 Å². The number of alkyl halides is 3. The van der Waals surface area contributed by atoms with E-state index >= 15 is 0 Å². The van der Waals surface area contributed by atoms with Crippen LogP contribution in [0.5, 0.6) is 0 Å². The molecule has 0 atom stereocenters. The number of hydrogen-bond acceptors (Lipinski definition) is 3. The minimum Gasteiger partial charge on any atom is -0.348 e. The number of nitrogens with zero attached hydrogens (tertiary/aromatic N) is 3. The summed E-state index contributed by atoms with van der Waals surface area (Å²) < 4.78 is 42.4. The van der Waals surface area contributed by atoms with Crippen molar-refractivity contribution in [2.24, 2.45) is 0 Å². The standard InChI is InChI=1S/C24H24ClF3N4O/c25-19-9-6-10-20(13-19)32-22(24(26,27)28)21(15-30-32)23(33)29-14-17-7-2-3-8-18(17)16-31-11-4-1-5-12-31/h2-3,6-10,13,15H,1,4-5,11-12,14,16H2,(H,29,33). The van der Waals surface area contributed by atoms with Gasteiger partial charge in [0.1, 0.15) is 0 Å². The van der Waals surface area contributed by atoms with Crippen LogP contribution in [0.4, 0.5) is 13.2 Å². The second-order valence-corrected chi connectivity index (χ2v) is 8.52. The first-order chi connectivity index (χ1) is 15.8. The van der Waals surface area contributed by atoms with Crippen LogP contribution in [0.2, 0.25) is 5.02 Å². The smallest absolute Gasteiger partial charge is 0.348 e. The molecule has 1 N–H and O–H groups in total. The molecule has 0 aliphatic carbocycles. The quantitative estimate of drug-likeness (QED) is 0.514. The van der Waals surface area contributed by atoms with Crippen LogP contribution in [0.25, 0.3) is 5.69 Å². The summed E-state index contributed by atoms with van der Waals surface area (Å²) in [7, 11) is 0. The largest absolute Gasteiger partial charge is 0.434 e. The van der Waals surface area contributed by atoms with E-state index in [9.17, 15) is 18.0 Å². The summed E-state index contributed by atoms with van der Waals surface area (Å²) in [5, 5.41) is 6.75. The van der Waals surface area contributed by atoms with E-state index < -0.39 is 23.3 Å². The Balaban J connectivity index is 1.54. The fourth-order valence-corrected chi connectivity index (χ4v) is 4.29. The van der Waals surface area contributed by atoms with Crippen molar-refractivity contribution in [2.45, 2.75) is 38.5 Å². The van der Waals surface area contributed by atoms with E-state index in [1.54, 1.807) is 6.07 Å².